The number of rotatable bonds is 2. The lowest BCUT2D eigenvalue weighted by Gasteiger charge is -2.24. The van der Waals surface area contributed by atoms with Gasteiger partial charge in [-0.1, -0.05) is 20.8 Å². The summed E-state index contributed by atoms with van der Waals surface area (Å²) in [5, 5.41) is 3.66. The molecule has 3 N–H and O–H groups in total. The summed E-state index contributed by atoms with van der Waals surface area (Å²) in [6.45, 7) is 10.8. The molecule has 2 aliphatic heterocycles. The van der Waals surface area contributed by atoms with Crippen LogP contribution in [-0.4, -0.2) is 40.0 Å². The van der Waals surface area contributed by atoms with Gasteiger partial charge in [0, 0.05) is 29.6 Å². The van der Waals surface area contributed by atoms with Gasteiger partial charge in [0.15, 0.2) is 0 Å². The van der Waals surface area contributed by atoms with Crippen LogP contribution in [0, 0.1) is 6.92 Å². The molecule has 2 fully saturated rings. The third-order valence-electron chi connectivity index (χ3n) is 4.78. The molecule has 0 radical (unpaired) electrons. The van der Waals surface area contributed by atoms with Gasteiger partial charge < -0.3 is 11.1 Å². The van der Waals surface area contributed by atoms with Crippen molar-refractivity contribution in [3.05, 3.63) is 11.4 Å². The van der Waals surface area contributed by atoms with Crippen LogP contribution in [0.4, 0.5) is 11.6 Å². The van der Waals surface area contributed by atoms with Crippen LogP contribution in [0.3, 0.4) is 0 Å². The van der Waals surface area contributed by atoms with Crippen molar-refractivity contribution in [3.8, 4) is 0 Å². The second-order valence-electron chi connectivity index (χ2n) is 7.44. The first-order chi connectivity index (χ1) is 9.86. The maximum absolute atomic E-state index is 6.10. The van der Waals surface area contributed by atoms with Crippen LogP contribution in [0.1, 0.15) is 51.4 Å². The van der Waals surface area contributed by atoms with Crippen molar-refractivity contribution in [2.75, 3.05) is 24.1 Å². The number of nitrogen functional groups attached to an aromatic ring is 1. The van der Waals surface area contributed by atoms with E-state index >= 15 is 0 Å². The fourth-order valence-corrected chi connectivity index (χ4v) is 3.44. The summed E-state index contributed by atoms with van der Waals surface area (Å²) in [6.07, 6.45) is 3.81. The van der Waals surface area contributed by atoms with Crippen molar-refractivity contribution in [3.63, 3.8) is 0 Å². The van der Waals surface area contributed by atoms with E-state index in [0.29, 0.717) is 17.9 Å². The second kappa shape index (κ2) is 5.13. The number of fused-ring (bicyclic) bond motifs is 1. The van der Waals surface area contributed by atoms with E-state index in [2.05, 4.69) is 36.0 Å². The Morgan fingerprint density at radius 3 is 2.67 bits per heavy atom. The zero-order valence-electron chi connectivity index (χ0n) is 13.6. The van der Waals surface area contributed by atoms with Gasteiger partial charge in [0.2, 0.25) is 0 Å². The fraction of sp³-hybridized carbons (Fsp3) is 0.750. The minimum absolute atomic E-state index is 0.0900. The quantitative estimate of drug-likeness (QED) is 0.874. The van der Waals surface area contributed by atoms with Crippen molar-refractivity contribution >= 4 is 11.6 Å². The first kappa shape index (κ1) is 14.6. The van der Waals surface area contributed by atoms with E-state index < -0.39 is 0 Å². The van der Waals surface area contributed by atoms with Crippen LogP contribution < -0.4 is 11.1 Å². The molecule has 1 aromatic rings. The Morgan fingerprint density at radius 1 is 1.19 bits per heavy atom. The van der Waals surface area contributed by atoms with Crippen molar-refractivity contribution in [1.82, 2.24) is 14.9 Å². The van der Waals surface area contributed by atoms with Gasteiger partial charge in [0.1, 0.15) is 17.5 Å². The van der Waals surface area contributed by atoms with Crippen molar-refractivity contribution < 1.29 is 0 Å². The van der Waals surface area contributed by atoms with Crippen LogP contribution in [0.15, 0.2) is 0 Å². The summed E-state index contributed by atoms with van der Waals surface area (Å²) in [4.78, 5) is 11.8. The van der Waals surface area contributed by atoms with Crippen LogP contribution in [0.5, 0.6) is 0 Å². The molecule has 2 aliphatic rings. The molecule has 5 heteroatoms. The molecule has 2 saturated heterocycles. The molecule has 0 spiro atoms. The Bertz CT molecular complexity index is 534. The molecule has 0 saturated carbocycles. The highest BCUT2D eigenvalue weighted by Crippen LogP contribution is 2.31. The third kappa shape index (κ3) is 2.71. The SMILES string of the molecule is Cc1c(N)nc(C(C)(C)C)nc1NC1CCN2CCCC12. The summed E-state index contributed by atoms with van der Waals surface area (Å²) in [6, 6.07) is 1.16. The minimum Gasteiger partial charge on any atom is -0.383 e. The maximum Gasteiger partial charge on any atom is 0.138 e. The largest absolute Gasteiger partial charge is 0.383 e. The highest BCUT2D eigenvalue weighted by Gasteiger charge is 2.37. The zero-order valence-corrected chi connectivity index (χ0v) is 13.6. The summed E-state index contributed by atoms with van der Waals surface area (Å²) < 4.78 is 0. The highest BCUT2D eigenvalue weighted by molar-refractivity contribution is 5.56. The number of aromatic nitrogens is 2. The van der Waals surface area contributed by atoms with Gasteiger partial charge in [0.25, 0.3) is 0 Å². The molecule has 3 heterocycles. The molecule has 116 valence electrons. The summed E-state index contributed by atoms with van der Waals surface area (Å²) in [5.74, 6) is 2.33. The van der Waals surface area contributed by atoms with Crippen molar-refractivity contribution in [2.24, 2.45) is 0 Å². The van der Waals surface area contributed by atoms with Crippen LogP contribution >= 0.6 is 0 Å². The Kier molecular flexibility index (Phi) is 3.56. The van der Waals surface area contributed by atoms with Crippen molar-refractivity contribution in [1.29, 1.82) is 0 Å². The normalized spacial score (nSPS) is 26.1. The lowest BCUT2D eigenvalue weighted by atomic mass is 9.95. The van der Waals surface area contributed by atoms with E-state index in [-0.39, 0.29) is 5.41 Å². The lowest BCUT2D eigenvalue weighted by molar-refractivity contribution is 0.318. The number of nitrogens with one attached hydrogen (secondary N) is 1. The molecule has 2 atom stereocenters. The number of hydrogen-bond donors (Lipinski definition) is 2. The Labute approximate surface area is 127 Å². The lowest BCUT2D eigenvalue weighted by Crippen LogP contribution is -2.34. The predicted octanol–water partition coefficient (Wildman–Crippen LogP) is 2.31. The molecule has 0 aromatic carbocycles. The van der Waals surface area contributed by atoms with Gasteiger partial charge in [-0.2, -0.15) is 0 Å². The Morgan fingerprint density at radius 2 is 1.95 bits per heavy atom. The van der Waals surface area contributed by atoms with Crippen LogP contribution in [0.2, 0.25) is 0 Å². The highest BCUT2D eigenvalue weighted by atomic mass is 15.2. The smallest absolute Gasteiger partial charge is 0.138 e. The molecule has 0 amide bonds. The summed E-state index contributed by atoms with van der Waals surface area (Å²) in [7, 11) is 0. The van der Waals surface area contributed by atoms with E-state index in [1.54, 1.807) is 0 Å². The first-order valence-corrected chi connectivity index (χ1v) is 8.01. The molecular formula is C16H27N5. The average molecular weight is 289 g/mol. The predicted molar refractivity (Wildman–Crippen MR) is 86.5 cm³/mol. The molecule has 0 aliphatic carbocycles. The van der Waals surface area contributed by atoms with Gasteiger partial charge in [0.05, 0.1) is 0 Å². The van der Waals surface area contributed by atoms with Gasteiger partial charge in [-0.25, -0.2) is 9.97 Å². The Balaban J connectivity index is 1.86. The molecule has 3 rings (SSSR count). The van der Waals surface area contributed by atoms with E-state index in [0.717, 1.165) is 17.2 Å². The van der Waals surface area contributed by atoms with E-state index in [4.69, 9.17) is 10.7 Å². The van der Waals surface area contributed by atoms with Crippen LogP contribution in [0.25, 0.3) is 0 Å². The number of nitrogens with zero attached hydrogens (tertiary/aromatic N) is 3. The second-order valence-corrected chi connectivity index (χ2v) is 7.44. The molecule has 21 heavy (non-hydrogen) atoms. The Hall–Kier alpha value is -1.36. The summed E-state index contributed by atoms with van der Waals surface area (Å²) >= 11 is 0. The number of hydrogen-bond acceptors (Lipinski definition) is 5. The average Bonchev–Trinajstić information content (AvgIpc) is 2.98. The summed E-state index contributed by atoms with van der Waals surface area (Å²) in [5.41, 5.74) is 6.98. The van der Waals surface area contributed by atoms with Gasteiger partial charge in [-0.15, -0.1) is 0 Å². The molecular weight excluding hydrogens is 262 g/mol. The minimum atomic E-state index is -0.0900. The number of nitrogens with two attached hydrogens (primary N) is 1. The van der Waals surface area contributed by atoms with Crippen LogP contribution in [-0.2, 0) is 5.41 Å². The zero-order chi connectivity index (χ0) is 15.2. The molecule has 1 aromatic heterocycles. The molecule has 5 nitrogen and oxygen atoms in total. The fourth-order valence-electron chi connectivity index (χ4n) is 3.44. The monoisotopic (exact) mass is 289 g/mol. The van der Waals surface area contributed by atoms with Gasteiger partial charge >= 0.3 is 0 Å². The maximum atomic E-state index is 6.10. The molecule has 2 unspecified atom stereocenters. The van der Waals surface area contributed by atoms with Crippen molar-refractivity contribution in [2.45, 2.75) is 64.5 Å². The third-order valence-corrected chi connectivity index (χ3v) is 4.78. The molecule has 0 bridgehead atoms. The van der Waals surface area contributed by atoms with Gasteiger partial charge in [-0.3, -0.25) is 4.90 Å². The first-order valence-electron chi connectivity index (χ1n) is 8.01. The van der Waals surface area contributed by atoms with Gasteiger partial charge in [-0.05, 0) is 32.7 Å². The number of anilines is 2. The van der Waals surface area contributed by atoms with E-state index in [1.807, 2.05) is 6.92 Å². The standard InChI is InChI=1S/C16H27N5/c1-10-13(17)19-15(16(2,3)4)20-14(10)18-11-7-9-21-8-5-6-12(11)21/h11-12H,5-9H2,1-4H3,(H3,17,18,19,20). The topological polar surface area (TPSA) is 67.1 Å². The van der Waals surface area contributed by atoms with E-state index in [1.165, 1.54) is 32.4 Å². The van der Waals surface area contributed by atoms with E-state index in [9.17, 15) is 0 Å².